The molecule has 142 valence electrons. The molecule has 4 heteroatoms. The lowest BCUT2D eigenvalue weighted by Crippen LogP contribution is -1.93. The molecular weight excluding hydrogens is 304 g/mol. The highest BCUT2D eigenvalue weighted by Crippen LogP contribution is 2.14. The summed E-state index contributed by atoms with van der Waals surface area (Å²) in [6, 6.07) is 0. The number of hydrogen-bond acceptors (Lipinski definition) is 3. The Balaban J connectivity index is 2.98. The maximum Gasteiger partial charge on any atom is 0.303 e. The maximum atomic E-state index is 10.4. The van der Waals surface area contributed by atoms with Gasteiger partial charge in [-0.2, -0.15) is 0 Å². The fraction of sp³-hybridized carbons (Fsp3) is 0.900. The molecule has 0 heterocycles. The van der Waals surface area contributed by atoms with Crippen LogP contribution in [0.5, 0.6) is 0 Å². The van der Waals surface area contributed by atoms with E-state index < -0.39 is 5.97 Å². The number of carboxylic acids is 1. The molecule has 1 N–H and O–H groups in total. The highest BCUT2D eigenvalue weighted by atomic mass is 16.5. The Morgan fingerprint density at radius 1 is 0.625 bits per heavy atom. The Bertz CT molecular complexity index is 279. The summed E-state index contributed by atoms with van der Waals surface area (Å²) >= 11 is 0. The van der Waals surface area contributed by atoms with Crippen molar-refractivity contribution in [1.29, 1.82) is 0 Å². The molecule has 0 aromatic carbocycles. The SMILES string of the molecule is O=COCCCCCCCCCCCCCCCCCCC(=O)O. The molecule has 0 radical (unpaired) electrons. The Kier molecular flexibility index (Phi) is 19.1. The van der Waals surface area contributed by atoms with Crippen LogP contribution in [0.3, 0.4) is 0 Å². The molecule has 0 bridgehead atoms. The van der Waals surface area contributed by atoms with Gasteiger partial charge in [-0.15, -0.1) is 0 Å². The zero-order chi connectivity index (χ0) is 17.7. The minimum Gasteiger partial charge on any atom is -0.481 e. The van der Waals surface area contributed by atoms with E-state index in [0.29, 0.717) is 19.5 Å². The van der Waals surface area contributed by atoms with E-state index in [0.717, 1.165) is 19.3 Å². The lowest BCUT2D eigenvalue weighted by Gasteiger charge is -2.03. The number of hydrogen-bond donors (Lipinski definition) is 1. The second kappa shape index (κ2) is 20.0. The molecule has 0 spiro atoms. The summed E-state index contributed by atoms with van der Waals surface area (Å²) in [5, 5.41) is 8.54. The molecule has 0 aliphatic carbocycles. The van der Waals surface area contributed by atoms with Gasteiger partial charge in [-0.25, -0.2) is 0 Å². The molecule has 0 saturated carbocycles. The van der Waals surface area contributed by atoms with Crippen LogP contribution in [-0.2, 0) is 14.3 Å². The van der Waals surface area contributed by atoms with Crippen molar-refractivity contribution in [3.63, 3.8) is 0 Å². The van der Waals surface area contributed by atoms with Crippen LogP contribution < -0.4 is 0 Å². The van der Waals surface area contributed by atoms with Crippen LogP contribution in [0.15, 0.2) is 0 Å². The summed E-state index contributed by atoms with van der Waals surface area (Å²) in [5.74, 6) is -0.667. The summed E-state index contributed by atoms with van der Waals surface area (Å²) in [4.78, 5) is 20.3. The first-order valence-corrected chi connectivity index (χ1v) is 10.0. The van der Waals surface area contributed by atoms with Crippen LogP contribution in [0.4, 0.5) is 0 Å². The second-order valence-electron chi connectivity index (χ2n) is 6.77. The van der Waals surface area contributed by atoms with Gasteiger partial charge in [0, 0.05) is 6.42 Å². The zero-order valence-electron chi connectivity index (χ0n) is 15.5. The summed E-state index contributed by atoms with van der Waals surface area (Å²) in [6.45, 7) is 1.11. The zero-order valence-corrected chi connectivity index (χ0v) is 15.5. The van der Waals surface area contributed by atoms with Crippen LogP contribution in [0.2, 0.25) is 0 Å². The Morgan fingerprint density at radius 2 is 0.958 bits per heavy atom. The van der Waals surface area contributed by atoms with Crippen molar-refractivity contribution < 1.29 is 19.4 Å². The monoisotopic (exact) mass is 342 g/mol. The van der Waals surface area contributed by atoms with Gasteiger partial charge in [0.25, 0.3) is 6.47 Å². The number of ether oxygens (including phenoxy) is 1. The van der Waals surface area contributed by atoms with Gasteiger partial charge in [0.15, 0.2) is 0 Å². The van der Waals surface area contributed by atoms with Crippen molar-refractivity contribution in [3.05, 3.63) is 0 Å². The highest BCUT2D eigenvalue weighted by molar-refractivity contribution is 5.66. The Hall–Kier alpha value is -1.06. The fourth-order valence-electron chi connectivity index (χ4n) is 2.98. The van der Waals surface area contributed by atoms with Gasteiger partial charge >= 0.3 is 5.97 Å². The van der Waals surface area contributed by atoms with Gasteiger partial charge in [-0.1, -0.05) is 89.9 Å². The van der Waals surface area contributed by atoms with Crippen LogP contribution in [0, 0.1) is 0 Å². The van der Waals surface area contributed by atoms with E-state index in [1.807, 2.05) is 0 Å². The molecule has 24 heavy (non-hydrogen) atoms. The Morgan fingerprint density at radius 3 is 1.29 bits per heavy atom. The van der Waals surface area contributed by atoms with Crippen molar-refractivity contribution in [2.24, 2.45) is 0 Å². The summed E-state index contributed by atoms with van der Waals surface area (Å²) in [5.41, 5.74) is 0. The van der Waals surface area contributed by atoms with Gasteiger partial charge in [0.1, 0.15) is 0 Å². The number of rotatable bonds is 20. The predicted octanol–water partition coefficient (Wildman–Crippen LogP) is 5.88. The third-order valence-electron chi connectivity index (χ3n) is 4.47. The molecule has 0 unspecified atom stereocenters. The number of carbonyl (C=O) groups is 2. The Labute approximate surface area is 148 Å². The number of unbranched alkanes of at least 4 members (excludes halogenated alkanes) is 15. The maximum absolute atomic E-state index is 10.4. The van der Waals surface area contributed by atoms with E-state index in [9.17, 15) is 9.59 Å². The van der Waals surface area contributed by atoms with Crippen molar-refractivity contribution >= 4 is 12.4 Å². The standard InChI is InChI=1S/C20H38O4/c21-19-24-18-16-14-12-10-8-6-4-2-1-3-5-7-9-11-13-15-17-20(22)23/h19H,1-18H2,(H,22,23). The predicted molar refractivity (Wildman–Crippen MR) is 98.1 cm³/mol. The second-order valence-corrected chi connectivity index (χ2v) is 6.77. The first-order chi connectivity index (χ1) is 11.8. The molecule has 0 atom stereocenters. The summed E-state index contributed by atoms with van der Waals surface area (Å²) < 4.78 is 4.66. The van der Waals surface area contributed by atoms with Gasteiger partial charge in [-0.05, 0) is 12.8 Å². The van der Waals surface area contributed by atoms with Gasteiger partial charge in [0.2, 0.25) is 0 Å². The minimum atomic E-state index is -0.667. The first kappa shape index (κ1) is 22.9. The van der Waals surface area contributed by atoms with E-state index in [1.165, 1.54) is 83.5 Å². The van der Waals surface area contributed by atoms with Crippen molar-refractivity contribution in [2.45, 2.75) is 109 Å². The molecule has 0 aliphatic rings. The molecule has 4 nitrogen and oxygen atoms in total. The average Bonchev–Trinajstić information content (AvgIpc) is 2.56. The molecule has 0 aromatic heterocycles. The summed E-state index contributed by atoms with van der Waals surface area (Å²) in [6.07, 6.45) is 20.2. The third kappa shape index (κ3) is 20.9. The molecule has 0 aromatic rings. The van der Waals surface area contributed by atoms with Crippen LogP contribution in [-0.4, -0.2) is 24.2 Å². The van der Waals surface area contributed by atoms with Crippen LogP contribution in [0.1, 0.15) is 109 Å². The van der Waals surface area contributed by atoms with Gasteiger partial charge in [-0.3, -0.25) is 9.59 Å². The lowest BCUT2D eigenvalue weighted by atomic mass is 10.0. The van der Waals surface area contributed by atoms with E-state index in [1.54, 1.807) is 0 Å². The lowest BCUT2D eigenvalue weighted by molar-refractivity contribution is -0.137. The normalized spacial score (nSPS) is 10.7. The highest BCUT2D eigenvalue weighted by Gasteiger charge is 1.97. The molecule has 0 amide bonds. The number of carbonyl (C=O) groups excluding carboxylic acids is 1. The van der Waals surface area contributed by atoms with Gasteiger partial charge in [0.05, 0.1) is 6.61 Å². The molecule has 0 aliphatic heterocycles. The summed E-state index contributed by atoms with van der Waals surface area (Å²) in [7, 11) is 0. The van der Waals surface area contributed by atoms with E-state index >= 15 is 0 Å². The minimum absolute atomic E-state index is 0.328. The van der Waals surface area contributed by atoms with Crippen LogP contribution >= 0.6 is 0 Å². The van der Waals surface area contributed by atoms with E-state index in [4.69, 9.17) is 5.11 Å². The smallest absolute Gasteiger partial charge is 0.303 e. The molecular formula is C20H38O4. The van der Waals surface area contributed by atoms with E-state index in [2.05, 4.69) is 4.74 Å². The van der Waals surface area contributed by atoms with Gasteiger partial charge < -0.3 is 9.84 Å². The fourth-order valence-corrected chi connectivity index (χ4v) is 2.98. The number of aliphatic carboxylic acids is 1. The third-order valence-corrected chi connectivity index (χ3v) is 4.47. The van der Waals surface area contributed by atoms with E-state index in [-0.39, 0.29) is 0 Å². The van der Waals surface area contributed by atoms with Crippen LogP contribution in [0.25, 0.3) is 0 Å². The van der Waals surface area contributed by atoms with Crippen molar-refractivity contribution in [2.75, 3.05) is 6.61 Å². The average molecular weight is 343 g/mol. The van der Waals surface area contributed by atoms with Crippen molar-refractivity contribution in [3.8, 4) is 0 Å². The molecule has 0 fully saturated rings. The largest absolute Gasteiger partial charge is 0.481 e. The topological polar surface area (TPSA) is 63.6 Å². The first-order valence-electron chi connectivity index (χ1n) is 10.0. The number of carboxylic acid groups (broad SMARTS) is 1. The molecule has 0 rings (SSSR count). The van der Waals surface area contributed by atoms with Crippen molar-refractivity contribution in [1.82, 2.24) is 0 Å². The quantitative estimate of drug-likeness (QED) is 0.222. The molecule has 0 saturated heterocycles.